The van der Waals surface area contributed by atoms with E-state index in [0.29, 0.717) is 12.0 Å². The lowest BCUT2D eigenvalue weighted by molar-refractivity contribution is -0.137. The van der Waals surface area contributed by atoms with Crippen LogP contribution in [0.15, 0.2) is 24.3 Å². The Morgan fingerprint density at radius 2 is 2.06 bits per heavy atom. The van der Waals surface area contributed by atoms with Crippen molar-refractivity contribution in [3.8, 4) is 0 Å². The lowest BCUT2D eigenvalue weighted by atomic mass is 9.82. The number of aldehydes is 1. The molecule has 0 heterocycles. The molecule has 0 spiro atoms. The SMILES string of the molecule is CC(C)C1(c2cccc(C(F)(F)F)c2)CC1C=O. The van der Waals surface area contributed by atoms with Crippen molar-refractivity contribution in [3.63, 3.8) is 0 Å². The van der Waals surface area contributed by atoms with Crippen LogP contribution in [0.3, 0.4) is 0 Å². The van der Waals surface area contributed by atoms with Gasteiger partial charge in [0.2, 0.25) is 0 Å². The monoisotopic (exact) mass is 256 g/mol. The zero-order chi connectivity index (χ0) is 13.6. The summed E-state index contributed by atoms with van der Waals surface area (Å²) >= 11 is 0. The van der Waals surface area contributed by atoms with Gasteiger partial charge in [0.25, 0.3) is 0 Å². The molecule has 1 saturated carbocycles. The second-order valence-corrected chi connectivity index (χ2v) is 5.22. The fraction of sp³-hybridized carbons (Fsp3) is 0.500. The molecular weight excluding hydrogens is 241 g/mol. The number of alkyl halides is 3. The summed E-state index contributed by atoms with van der Waals surface area (Å²) in [5.41, 5.74) is -0.413. The van der Waals surface area contributed by atoms with Crippen molar-refractivity contribution in [2.75, 3.05) is 0 Å². The van der Waals surface area contributed by atoms with Crippen LogP contribution < -0.4 is 0 Å². The molecular formula is C14H15F3O. The molecule has 1 aromatic carbocycles. The van der Waals surface area contributed by atoms with E-state index in [9.17, 15) is 18.0 Å². The predicted molar refractivity (Wildman–Crippen MR) is 62.1 cm³/mol. The number of carbonyl (C=O) groups excluding carboxylic acids is 1. The van der Waals surface area contributed by atoms with Gasteiger partial charge >= 0.3 is 6.18 Å². The third-order valence-electron chi connectivity index (χ3n) is 3.98. The highest BCUT2D eigenvalue weighted by Crippen LogP contribution is 2.58. The van der Waals surface area contributed by atoms with Gasteiger partial charge in [-0.25, -0.2) is 0 Å². The van der Waals surface area contributed by atoms with E-state index >= 15 is 0 Å². The average molecular weight is 256 g/mol. The first kappa shape index (κ1) is 13.1. The Labute approximate surface area is 104 Å². The summed E-state index contributed by atoms with van der Waals surface area (Å²) < 4.78 is 38.1. The van der Waals surface area contributed by atoms with Gasteiger partial charge in [-0.1, -0.05) is 32.0 Å². The molecule has 0 bridgehead atoms. The molecule has 1 aromatic rings. The normalized spacial score (nSPS) is 27.3. The van der Waals surface area contributed by atoms with E-state index in [1.54, 1.807) is 6.07 Å². The van der Waals surface area contributed by atoms with E-state index in [-0.39, 0.29) is 11.8 Å². The Hall–Kier alpha value is -1.32. The molecule has 1 aliphatic carbocycles. The molecule has 0 N–H and O–H groups in total. The topological polar surface area (TPSA) is 17.1 Å². The Balaban J connectivity index is 2.43. The maximum atomic E-state index is 12.7. The molecule has 0 radical (unpaired) electrons. The Morgan fingerprint density at radius 1 is 1.39 bits per heavy atom. The number of rotatable bonds is 3. The van der Waals surface area contributed by atoms with Crippen LogP contribution >= 0.6 is 0 Å². The zero-order valence-corrected chi connectivity index (χ0v) is 10.3. The van der Waals surface area contributed by atoms with Gasteiger partial charge in [0.1, 0.15) is 6.29 Å². The highest BCUT2D eigenvalue weighted by Gasteiger charge is 2.57. The highest BCUT2D eigenvalue weighted by molar-refractivity contribution is 5.65. The number of hydrogen-bond acceptors (Lipinski definition) is 1. The zero-order valence-electron chi connectivity index (χ0n) is 10.3. The van der Waals surface area contributed by atoms with Crippen LogP contribution in [0.4, 0.5) is 13.2 Å². The number of benzene rings is 1. The minimum absolute atomic E-state index is 0.149. The molecule has 1 aliphatic rings. The van der Waals surface area contributed by atoms with Gasteiger partial charge in [-0.3, -0.25) is 0 Å². The minimum atomic E-state index is -4.33. The van der Waals surface area contributed by atoms with Crippen LogP contribution in [0, 0.1) is 11.8 Å². The highest BCUT2D eigenvalue weighted by atomic mass is 19.4. The summed E-state index contributed by atoms with van der Waals surface area (Å²) in [6.45, 7) is 3.90. The van der Waals surface area contributed by atoms with Crippen molar-refractivity contribution in [2.45, 2.75) is 31.9 Å². The maximum Gasteiger partial charge on any atom is 0.416 e. The third kappa shape index (κ3) is 1.93. The first-order chi connectivity index (χ1) is 8.32. The fourth-order valence-corrected chi connectivity index (χ4v) is 2.79. The number of hydrogen-bond donors (Lipinski definition) is 0. The Bertz CT molecular complexity index is 464. The predicted octanol–water partition coefficient (Wildman–Crippen LogP) is 3.82. The van der Waals surface area contributed by atoms with Crippen LogP contribution in [0.5, 0.6) is 0 Å². The van der Waals surface area contributed by atoms with E-state index < -0.39 is 17.2 Å². The van der Waals surface area contributed by atoms with E-state index in [1.165, 1.54) is 12.1 Å². The fourth-order valence-electron chi connectivity index (χ4n) is 2.79. The quantitative estimate of drug-likeness (QED) is 0.751. The van der Waals surface area contributed by atoms with Gasteiger partial charge in [-0.15, -0.1) is 0 Å². The largest absolute Gasteiger partial charge is 0.416 e. The molecule has 2 atom stereocenters. The van der Waals surface area contributed by atoms with Crippen LogP contribution in [0.1, 0.15) is 31.4 Å². The summed E-state index contributed by atoms with van der Waals surface area (Å²) in [4.78, 5) is 10.9. The molecule has 0 aromatic heterocycles. The summed E-state index contributed by atoms with van der Waals surface area (Å²) in [6.07, 6.45) is -2.82. The van der Waals surface area contributed by atoms with Crippen molar-refractivity contribution in [1.29, 1.82) is 0 Å². The second kappa shape index (κ2) is 4.11. The number of halogens is 3. The third-order valence-corrected chi connectivity index (χ3v) is 3.98. The van der Waals surface area contributed by atoms with E-state index in [1.807, 2.05) is 13.8 Å². The summed E-state index contributed by atoms with van der Waals surface area (Å²) in [5.74, 6) is -0.00262. The Kier molecular flexibility index (Phi) is 2.99. The van der Waals surface area contributed by atoms with Crippen LogP contribution in [-0.2, 0) is 16.4 Å². The molecule has 98 valence electrons. The van der Waals surface area contributed by atoms with E-state index in [2.05, 4.69) is 0 Å². The van der Waals surface area contributed by atoms with Gasteiger partial charge in [0, 0.05) is 11.3 Å². The van der Waals surface area contributed by atoms with Crippen molar-refractivity contribution < 1.29 is 18.0 Å². The van der Waals surface area contributed by atoms with Crippen molar-refractivity contribution in [2.24, 2.45) is 11.8 Å². The first-order valence-corrected chi connectivity index (χ1v) is 5.95. The summed E-state index contributed by atoms with van der Waals surface area (Å²) in [7, 11) is 0. The van der Waals surface area contributed by atoms with Crippen LogP contribution in [-0.4, -0.2) is 6.29 Å². The summed E-state index contributed by atoms with van der Waals surface area (Å²) in [5, 5.41) is 0. The summed E-state index contributed by atoms with van der Waals surface area (Å²) in [6, 6.07) is 5.36. The molecule has 2 unspecified atom stereocenters. The van der Waals surface area contributed by atoms with Gasteiger partial charge in [-0.05, 0) is 24.0 Å². The maximum absolute atomic E-state index is 12.7. The molecule has 0 saturated heterocycles. The molecule has 4 heteroatoms. The minimum Gasteiger partial charge on any atom is -0.303 e. The molecule has 1 fully saturated rings. The Morgan fingerprint density at radius 3 is 2.50 bits per heavy atom. The molecule has 2 rings (SSSR count). The van der Waals surface area contributed by atoms with Crippen molar-refractivity contribution in [1.82, 2.24) is 0 Å². The van der Waals surface area contributed by atoms with Gasteiger partial charge in [0.15, 0.2) is 0 Å². The number of carbonyl (C=O) groups is 1. The molecule has 1 nitrogen and oxygen atoms in total. The lowest BCUT2D eigenvalue weighted by Gasteiger charge is -2.22. The van der Waals surface area contributed by atoms with Crippen LogP contribution in [0.2, 0.25) is 0 Å². The van der Waals surface area contributed by atoms with Crippen LogP contribution in [0.25, 0.3) is 0 Å². The smallest absolute Gasteiger partial charge is 0.303 e. The molecule has 0 amide bonds. The molecule has 0 aliphatic heterocycles. The van der Waals surface area contributed by atoms with Gasteiger partial charge < -0.3 is 4.79 Å². The second-order valence-electron chi connectivity index (χ2n) is 5.22. The molecule has 18 heavy (non-hydrogen) atoms. The lowest BCUT2D eigenvalue weighted by Crippen LogP contribution is -2.19. The van der Waals surface area contributed by atoms with Gasteiger partial charge in [0.05, 0.1) is 5.56 Å². The van der Waals surface area contributed by atoms with Gasteiger partial charge in [-0.2, -0.15) is 13.2 Å². The average Bonchev–Trinajstić information content (AvgIpc) is 3.04. The van der Waals surface area contributed by atoms with E-state index in [0.717, 1.165) is 12.4 Å². The standard InChI is InChI=1S/C14H15F3O/c1-9(2)13(7-12(13)8-18)10-4-3-5-11(6-10)14(15,16)17/h3-6,8-9,12H,7H2,1-2H3. The van der Waals surface area contributed by atoms with E-state index in [4.69, 9.17) is 0 Å². The first-order valence-electron chi connectivity index (χ1n) is 5.95. The van der Waals surface area contributed by atoms with Crippen molar-refractivity contribution >= 4 is 6.29 Å². The van der Waals surface area contributed by atoms with Crippen molar-refractivity contribution in [3.05, 3.63) is 35.4 Å².